The van der Waals surface area contributed by atoms with Crippen molar-refractivity contribution in [2.75, 3.05) is 11.9 Å². The van der Waals surface area contributed by atoms with E-state index in [4.69, 9.17) is 10.4 Å². The smallest absolute Gasteiger partial charge is 0.303 e. The van der Waals surface area contributed by atoms with Crippen LogP contribution in [0.1, 0.15) is 38.2 Å². The Morgan fingerprint density at radius 1 is 1.25 bits per heavy atom. The molecule has 24 heavy (non-hydrogen) atoms. The topological polar surface area (TPSA) is 102 Å². The molecule has 1 amide bonds. The minimum atomic E-state index is -0.874. The van der Waals surface area contributed by atoms with E-state index in [0.717, 1.165) is 19.3 Å². The first-order chi connectivity index (χ1) is 11.6. The van der Waals surface area contributed by atoms with Gasteiger partial charge in [0.2, 0.25) is 0 Å². The summed E-state index contributed by atoms with van der Waals surface area (Å²) in [4.78, 5) is 22.4. The Bertz CT molecular complexity index is 615. The summed E-state index contributed by atoms with van der Waals surface area (Å²) < 4.78 is 0. The first-order valence-corrected chi connectivity index (χ1v) is 8.02. The highest BCUT2D eigenvalue weighted by Crippen LogP contribution is 2.12. The summed E-state index contributed by atoms with van der Waals surface area (Å²) in [5.74, 6) is -1.37. The quantitative estimate of drug-likeness (QED) is 0.348. The van der Waals surface area contributed by atoms with Crippen molar-refractivity contribution >= 4 is 17.6 Å². The predicted octanol–water partition coefficient (Wildman–Crippen LogP) is 2.83. The van der Waals surface area contributed by atoms with Gasteiger partial charge in [-0.15, -0.1) is 0 Å². The van der Waals surface area contributed by atoms with E-state index in [2.05, 4.69) is 17.6 Å². The molecule has 0 bridgehead atoms. The summed E-state index contributed by atoms with van der Waals surface area (Å²) in [5, 5.41) is 23.0. The number of hydrogen-bond acceptors (Lipinski definition) is 4. The maximum atomic E-state index is 12.0. The molecule has 3 N–H and O–H groups in total. The molecule has 128 valence electrons. The van der Waals surface area contributed by atoms with Crippen molar-refractivity contribution in [2.24, 2.45) is 0 Å². The number of aliphatic carboxylic acids is 1. The lowest BCUT2D eigenvalue weighted by molar-refractivity contribution is -0.137. The molecule has 0 aromatic heterocycles. The van der Waals surface area contributed by atoms with Gasteiger partial charge < -0.3 is 15.7 Å². The molecule has 0 unspecified atom stereocenters. The van der Waals surface area contributed by atoms with Gasteiger partial charge in [-0.05, 0) is 37.0 Å². The number of carboxylic acids is 1. The molecule has 0 heterocycles. The van der Waals surface area contributed by atoms with Gasteiger partial charge in [0.15, 0.2) is 0 Å². The van der Waals surface area contributed by atoms with E-state index in [9.17, 15) is 9.59 Å². The molecule has 6 heteroatoms. The molecule has 0 spiro atoms. The molecular weight excluding hydrogens is 306 g/mol. The van der Waals surface area contributed by atoms with Crippen LogP contribution in [-0.2, 0) is 16.0 Å². The number of amides is 1. The third-order valence-electron chi connectivity index (χ3n) is 3.35. The van der Waals surface area contributed by atoms with Crippen molar-refractivity contribution in [1.82, 2.24) is 5.32 Å². The second kappa shape index (κ2) is 10.8. The molecule has 0 fully saturated rings. The van der Waals surface area contributed by atoms with E-state index >= 15 is 0 Å². The molecule has 6 nitrogen and oxygen atoms in total. The van der Waals surface area contributed by atoms with Crippen LogP contribution < -0.4 is 10.6 Å². The number of aryl methyl sites for hydroxylation is 1. The highest BCUT2D eigenvalue weighted by Gasteiger charge is 2.09. The number of nitrogens with one attached hydrogen (secondary N) is 2. The van der Waals surface area contributed by atoms with Gasteiger partial charge in [-0.25, -0.2) is 0 Å². The fourth-order valence-electron chi connectivity index (χ4n) is 2.00. The van der Waals surface area contributed by atoms with Gasteiger partial charge in [0.05, 0.1) is 0 Å². The maximum absolute atomic E-state index is 12.0. The third-order valence-corrected chi connectivity index (χ3v) is 3.35. The largest absolute Gasteiger partial charge is 0.481 e. The van der Waals surface area contributed by atoms with Crippen molar-refractivity contribution < 1.29 is 14.7 Å². The van der Waals surface area contributed by atoms with Gasteiger partial charge in [0, 0.05) is 24.9 Å². The number of nitrogens with zero attached hydrogens (tertiary/aromatic N) is 1. The Kier molecular flexibility index (Phi) is 8.69. The standard InChI is InChI=1S/C18H23N3O3/c1-2-3-5-14-7-9-16(10-8-14)21-18(24)15(12-19)13-20-11-4-6-17(22)23/h7-10,13,20H,2-6,11H2,1H3,(H,21,24)(H,22,23)/b15-13-. The van der Waals surface area contributed by atoms with Crippen molar-refractivity contribution in [3.05, 3.63) is 41.6 Å². The van der Waals surface area contributed by atoms with Crippen LogP contribution in [0.25, 0.3) is 0 Å². The van der Waals surface area contributed by atoms with Gasteiger partial charge in [0.1, 0.15) is 11.6 Å². The number of benzene rings is 1. The van der Waals surface area contributed by atoms with Crippen LogP contribution in [0.5, 0.6) is 0 Å². The SMILES string of the molecule is CCCCc1ccc(NC(=O)/C(C#N)=C\NCCCC(=O)O)cc1. The summed E-state index contributed by atoms with van der Waals surface area (Å²) in [6.07, 6.45) is 5.04. The predicted molar refractivity (Wildman–Crippen MR) is 92.3 cm³/mol. The Morgan fingerprint density at radius 3 is 2.54 bits per heavy atom. The van der Waals surface area contributed by atoms with Gasteiger partial charge in [0.25, 0.3) is 5.91 Å². The van der Waals surface area contributed by atoms with Crippen LogP contribution in [0.2, 0.25) is 0 Å². The van der Waals surface area contributed by atoms with Crippen LogP contribution >= 0.6 is 0 Å². The van der Waals surface area contributed by atoms with Gasteiger partial charge >= 0.3 is 5.97 Å². The maximum Gasteiger partial charge on any atom is 0.303 e. The molecule has 0 saturated heterocycles. The van der Waals surface area contributed by atoms with E-state index in [1.165, 1.54) is 11.8 Å². The van der Waals surface area contributed by atoms with Crippen molar-refractivity contribution in [1.29, 1.82) is 5.26 Å². The molecule has 1 rings (SSSR count). The highest BCUT2D eigenvalue weighted by molar-refractivity contribution is 6.06. The van der Waals surface area contributed by atoms with E-state index in [-0.39, 0.29) is 12.0 Å². The first kappa shape index (κ1) is 19.2. The summed E-state index contributed by atoms with van der Waals surface area (Å²) in [5.41, 5.74) is 1.79. The zero-order valence-corrected chi connectivity index (χ0v) is 13.8. The summed E-state index contributed by atoms with van der Waals surface area (Å²) in [7, 11) is 0. The normalized spacial score (nSPS) is 10.8. The van der Waals surface area contributed by atoms with Crippen LogP contribution in [0.3, 0.4) is 0 Å². The van der Waals surface area contributed by atoms with Gasteiger partial charge in [-0.2, -0.15) is 5.26 Å². The summed E-state index contributed by atoms with van der Waals surface area (Å²) >= 11 is 0. The average molecular weight is 329 g/mol. The number of hydrogen-bond donors (Lipinski definition) is 3. The molecule has 0 saturated carbocycles. The highest BCUT2D eigenvalue weighted by atomic mass is 16.4. The molecule has 0 aliphatic rings. The Balaban J connectivity index is 2.51. The second-order valence-electron chi connectivity index (χ2n) is 5.38. The number of carbonyl (C=O) groups is 2. The third kappa shape index (κ3) is 7.45. The lowest BCUT2D eigenvalue weighted by Gasteiger charge is -2.06. The molecule has 0 aliphatic carbocycles. The van der Waals surface area contributed by atoms with Crippen LogP contribution in [0.15, 0.2) is 36.0 Å². The lowest BCUT2D eigenvalue weighted by Crippen LogP contribution is -2.17. The summed E-state index contributed by atoms with van der Waals surface area (Å²) in [6, 6.07) is 9.39. The second-order valence-corrected chi connectivity index (χ2v) is 5.38. The first-order valence-electron chi connectivity index (χ1n) is 8.02. The van der Waals surface area contributed by atoms with Gasteiger partial charge in [-0.1, -0.05) is 25.5 Å². The Morgan fingerprint density at radius 2 is 1.96 bits per heavy atom. The minimum Gasteiger partial charge on any atom is -0.481 e. The molecule has 1 aromatic carbocycles. The Labute approximate surface area is 142 Å². The Hall–Kier alpha value is -2.81. The van der Waals surface area contributed by atoms with E-state index in [0.29, 0.717) is 18.7 Å². The van der Waals surface area contributed by atoms with Crippen molar-refractivity contribution in [3.8, 4) is 6.07 Å². The number of carbonyl (C=O) groups excluding carboxylic acids is 1. The fraction of sp³-hybridized carbons (Fsp3) is 0.389. The zero-order valence-electron chi connectivity index (χ0n) is 13.8. The van der Waals surface area contributed by atoms with Crippen molar-refractivity contribution in [2.45, 2.75) is 39.0 Å². The van der Waals surface area contributed by atoms with Crippen LogP contribution in [-0.4, -0.2) is 23.5 Å². The number of anilines is 1. The zero-order chi connectivity index (χ0) is 17.8. The van der Waals surface area contributed by atoms with E-state index in [1.807, 2.05) is 30.3 Å². The molecule has 1 aromatic rings. The van der Waals surface area contributed by atoms with Gasteiger partial charge in [-0.3, -0.25) is 9.59 Å². The molecule has 0 atom stereocenters. The van der Waals surface area contributed by atoms with Crippen molar-refractivity contribution in [3.63, 3.8) is 0 Å². The summed E-state index contributed by atoms with van der Waals surface area (Å²) in [6.45, 7) is 2.52. The monoisotopic (exact) mass is 329 g/mol. The average Bonchev–Trinajstić information content (AvgIpc) is 2.57. The number of rotatable bonds is 10. The minimum absolute atomic E-state index is 0.0410. The van der Waals surface area contributed by atoms with Crippen LogP contribution in [0.4, 0.5) is 5.69 Å². The molecular formula is C18H23N3O3. The van der Waals surface area contributed by atoms with E-state index < -0.39 is 11.9 Å². The van der Waals surface area contributed by atoms with E-state index in [1.54, 1.807) is 0 Å². The number of unbranched alkanes of at least 4 members (excludes halogenated alkanes) is 1. The van der Waals surface area contributed by atoms with Crippen LogP contribution in [0, 0.1) is 11.3 Å². The lowest BCUT2D eigenvalue weighted by atomic mass is 10.1. The molecule has 0 aliphatic heterocycles. The fourth-order valence-corrected chi connectivity index (χ4v) is 2.00. The number of carboxylic acid groups (broad SMARTS) is 1. The molecule has 0 radical (unpaired) electrons. The number of nitriles is 1.